The molecule has 72 valence electrons. The van der Waals surface area contributed by atoms with Crippen LogP contribution in [0.3, 0.4) is 0 Å². The maximum Gasteiger partial charge on any atom is 0.151 e. The van der Waals surface area contributed by atoms with Gasteiger partial charge in [-0.15, -0.1) is 11.3 Å². The van der Waals surface area contributed by atoms with E-state index in [0.29, 0.717) is 5.82 Å². The van der Waals surface area contributed by atoms with Crippen LogP contribution in [0.25, 0.3) is 0 Å². The topological polar surface area (TPSA) is 63.8 Å². The molecule has 0 aliphatic rings. The summed E-state index contributed by atoms with van der Waals surface area (Å²) < 4.78 is 0. The maximum absolute atomic E-state index is 5.47. The molecule has 0 fully saturated rings. The van der Waals surface area contributed by atoms with E-state index in [1.165, 1.54) is 0 Å². The first-order chi connectivity index (χ1) is 6.92. The van der Waals surface area contributed by atoms with Crippen LogP contribution in [0.4, 0.5) is 0 Å². The van der Waals surface area contributed by atoms with Crippen molar-refractivity contribution in [1.82, 2.24) is 15.4 Å². The fraction of sp³-hybridized carbons (Fsp3) is 0.111. The van der Waals surface area contributed by atoms with Gasteiger partial charge in [-0.2, -0.15) is 0 Å². The highest BCUT2D eigenvalue weighted by Gasteiger charge is 2.15. The van der Waals surface area contributed by atoms with Gasteiger partial charge in [-0.05, 0) is 17.5 Å². The monoisotopic (exact) mass is 206 g/mol. The number of rotatable bonds is 3. The average Bonchev–Trinajstić information content (AvgIpc) is 2.74. The predicted octanol–water partition coefficient (Wildman–Crippen LogP) is 1.09. The van der Waals surface area contributed by atoms with Crippen LogP contribution in [-0.2, 0) is 0 Å². The van der Waals surface area contributed by atoms with E-state index in [1.54, 1.807) is 29.8 Å². The first-order valence-electron chi connectivity index (χ1n) is 4.18. The Morgan fingerprint density at radius 2 is 2.07 bits per heavy atom. The van der Waals surface area contributed by atoms with Crippen molar-refractivity contribution in [2.24, 2.45) is 5.84 Å². The molecule has 3 N–H and O–H groups in total. The summed E-state index contributed by atoms with van der Waals surface area (Å²) in [7, 11) is 0. The summed E-state index contributed by atoms with van der Waals surface area (Å²) in [5, 5.41) is 2.00. The van der Waals surface area contributed by atoms with Crippen LogP contribution in [-0.4, -0.2) is 9.97 Å². The molecule has 0 radical (unpaired) electrons. The lowest BCUT2D eigenvalue weighted by Crippen LogP contribution is -2.29. The molecule has 2 aromatic rings. The summed E-state index contributed by atoms with van der Waals surface area (Å²) in [6.45, 7) is 0. The first kappa shape index (κ1) is 9.26. The van der Waals surface area contributed by atoms with Gasteiger partial charge in [-0.3, -0.25) is 5.84 Å². The van der Waals surface area contributed by atoms with Gasteiger partial charge in [0.15, 0.2) is 5.82 Å². The molecular weight excluding hydrogens is 196 g/mol. The van der Waals surface area contributed by atoms with Crippen molar-refractivity contribution in [3.8, 4) is 0 Å². The lowest BCUT2D eigenvalue weighted by atomic mass is 10.2. The van der Waals surface area contributed by atoms with Gasteiger partial charge in [0.2, 0.25) is 0 Å². The number of hydrogen-bond acceptors (Lipinski definition) is 5. The number of hydrogen-bond donors (Lipinski definition) is 2. The average molecular weight is 206 g/mol. The maximum atomic E-state index is 5.47. The van der Waals surface area contributed by atoms with Crippen molar-refractivity contribution in [3.63, 3.8) is 0 Å². The van der Waals surface area contributed by atoms with Crippen molar-refractivity contribution in [2.45, 2.75) is 6.04 Å². The second-order valence-corrected chi connectivity index (χ2v) is 3.70. The SMILES string of the molecule is NNC(c1ncccn1)c1cccs1. The van der Waals surface area contributed by atoms with Crippen molar-refractivity contribution in [2.75, 3.05) is 0 Å². The molecule has 0 amide bonds. The van der Waals surface area contributed by atoms with Crippen LogP contribution in [0.5, 0.6) is 0 Å². The second-order valence-electron chi connectivity index (χ2n) is 2.72. The minimum absolute atomic E-state index is 0.115. The van der Waals surface area contributed by atoms with Crippen LogP contribution in [0.1, 0.15) is 16.7 Å². The van der Waals surface area contributed by atoms with Gasteiger partial charge in [0.1, 0.15) is 6.04 Å². The van der Waals surface area contributed by atoms with Gasteiger partial charge in [-0.25, -0.2) is 15.4 Å². The Labute approximate surface area is 85.8 Å². The van der Waals surface area contributed by atoms with E-state index < -0.39 is 0 Å². The fourth-order valence-electron chi connectivity index (χ4n) is 1.20. The smallest absolute Gasteiger partial charge is 0.151 e. The number of thiophene rings is 1. The summed E-state index contributed by atoms with van der Waals surface area (Å²) >= 11 is 1.63. The summed E-state index contributed by atoms with van der Waals surface area (Å²) in [5.41, 5.74) is 2.71. The van der Waals surface area contributed by atoms with E-state index in [9.17, 15) is 0 Å². The summed E-state index contributed by atoms with van der Waals surface area (Å²) in [4.78, 5) is 9.43. The third kappa shape index (κ3) is 1.79. The van der Waals surface area contributed by atoms with E-state index in [0.717, 1.165) is 4.88 Å². The second kappa shape index (κ2) is 4.28. The third-order valence-electron chi connectivity index (χ3n) is 1.84. The quantitative estimate of drug-likeness (QED) is 0.583. The fourth-order valence-corrected chi connectivity index (χ4v) is 1.98. The molecule has 0 aliphatic carbocycles. The first-order valence-corrected chi connectivity index (χ1v) is 5.06. The van der Waals surface area contributed by atoms with Gasteiger partial charge in [0.05, 0.1) is 0 Å². The molecule has 1 unspecified atom stereocenters. The summed E-state index contributed by atoms with van der Waals surface area (Å²) in [5.74, 6) is 6.16. The van der Waals surface area contributed by atoms with Crippen LogP contribution < -0.4 is 11.3 Å². The molecule has 0 saturated carbocycles. The molecule has 4 nitrogen and oxygen atoms in total. The number of nitrogens with one attached hydrogen (secondary N) is 1. The van der Waals surface area contributed by atoms with Crippen molar-refractivity contribution in [3.05, 3.63) is 46.7 Å². The molecule has 14 heavy (non-hydrogen) atoms. The van der Waals surface area contributed by atoms with Crippen molar-refractivity contribution in [1.29, 1.82) is 0 Å². The normalized spacial score (nSPS) is 12.6. The van der Waals surface area contributed by atoms with Gasteiger partial charge >= 0.3 is 0 Å². The Bertz CT molecular complexity index is 373. The molecule has 2 aromatic heterocycles. The number of hydrazine groups is 1. The lowest BCUT2D eigenvalue weighted by Gasteiger charge is -2.11. The standard InChI is InChI=1S/C9H10N4S/c10-13-8(7-3-1-6-14-7)9-11-4-2-5-12-9/h1-6,8,13H,10H2. The van der Waals surface area contributed by atoms with E-state index in [1.807, 2.05) is 17.5 Å². The van der Waals surface area contributed by atoms with E-state index in [-0.39, 0.29) is 6.04 Å². The highest BCUT2D eigenvalue weighted by atomic mass is 32.1. The predicted molar refractivity (Wildman–Crippen MR) is 55.5 cm³/mol. The Kier molecular flexibility index (Phi) is 2.83. The zero-order valence-corrected chi connectivity index (χ0v) is 8.24. The van der Waals surface area contributed by atoms with Crippen molar-refractivity contribution >= 4 is 11.3 Å². The molecule has 0 spiro atoms. The highest BCUT2D eigenvalue weighted by molar-refractivity contribution is 7.10. The lowest BCUT2D eigenvalue weighted by molar-refractivity contribution is 0.610. The molecule has 2 heterocycles. The molecule has 0 aromatic carbocycles. The molecular formula is C9H10N4S. The minimum atomic E-state index is -0.115. The third-order valence-corrected chi connectivity index (χ3v) is 2.78. The van der Waals surface area contributed by atoms with Crippen LogP contribution in [0, 0.1) is 0 Å². The van der Waals surface area contributed by atoms with Gasteiger partial charge in [0, 0.05) is 17.3 Å². The summed E-state index contributed by atoms with van der Waals surface area (Å²) in [6.07, 6.45) is 3.42. The number of nitrogens with zero attached hydrogens (tertiary/aromatic N) is 2. The molecule has 5 heteroatoms. The Hall–Kier alpha value is -1.30. The van der Waals surface area contributed by atoms with Crippen molar-refractivity contribution < 1.29 is 0 Å². The van der Waals surface area contributed by atoms with Crippen LogP contribution in [0.2, 0.25) is 0 Å². The molecule has 0 bridgehead atoms. The molecule has 1 atom stereocenters. The van der Waals surface area contributed by atoms with Gasteiger partial charge in [0.25, 0.3) is 0 Å². The van der Waals surface area contributed by atoms with Gasteiger partial charge in [-0.1, -0.05) is 6.07 Å². The molecule has 2 rings (SSSR count). The molecule has 0 aliphatic heterocycles. The highest BCUT2D eigenvalue weighted by Crippen LogP contribution is 2.21. The minimum Gasteiger partial charge on any atom is -0.270 e. The number of aromatic nitrogens is 2. The Morgan fingerprint density at radius 1 is 1.29 bits per heavy atom. The van der Waals surface area contributed by atoms with E-state index in [4.69, 9.17) is 5.84 Å². The molecule has 0 saturated heterocycles. The Balaban J connectivity index is 2.31. The largest absolute Gasteiger partial charge is 0.270 e. The van der Waals surface area contributed by atoms with E-state index >= 15 is 0 Å². The Morgan fingerprint density at radius 3 is 2.64 bits per heavy atom. The van der Waals surface area contributed by atoms with Gasteiger partial charge < -0.3 is 0 Å². The zero-order chi connectivity index (χ0) is 9.80. The van der Waals surface area contributed by atoms with Crippen LogP contribution >= 0.6 is 11.3 Å². The van der Waals surface area contributed by atoms with Crippen LogP contribution in [0.15, 0.2) is 36.0 Å². The van der Waals surface area contributed by atoms with E-state index in [2.05, 4.69) is 15.4 Å². The number of nitrogens with two attached hydrogens (primary N) is 1. The summed E-state index contributed by atoms with van der Waals surface area (Å²) in [6, 6.07) is 5.65. The zero-order valence-electron chi connectivity index (χ0n) is 7.42.